The lowest BCUT2D eigenvalue weighted by atomic mass is 9.92. The maximum absolute atomic E-state index is 12.7. The molecule has 6 heteroatoms. The van der Waals surface area contributed by atoms with Crippen molar-refractivity contribution in [2.75, 3.05) is 18.8 Å². The molecular weight excluding hydrogens is 350 g/mol. The number of rotatable bonds is 3. The van der Waals surface area contributed by atoms with Crippen LogP contribution in [0.1, 0.15) is 43.6 Å². The zero-order valence-corrected chi connectivity index (χ0v) is 16.6. The van der Waals surface area contributed by atoms with Crippen LogP contribution in [0.4, 0.5) is 0 Å². The molecule has 0 radical (unpaired) electrons. The molecule has 0 spiro atoms. The van der Waals surface area contributed by atoms with E-state index in [1.54, 1.807) is 18.1 Å². The summed E-state index contributed by atoms with van der Waals surface area (Å²) in [6.07, 6.45) is 7.71. The molecule has 2 aromatic heterocycles. The van der Waals surface area contributed by atoms with E-state index in [0.717, 1.165) is 29.4 Å². The molecule has 1 amide bonds. The predicted octanol–water partition coefficient (Wildman–Crippen LogP) is 4.17. The Morgan fingerprint density at radius 2 is 2.00 bits per heavy atom. The van der Waals surface area contributed by atoms with E-state index in [4.69, 9.17) is 0 Å². The Balaban J connectivity index is 1.51. The van der Waals surface area contributed by atoms with Crippen molar-refractivity contribution >= 4 is 39.2 Å². The van der Waals surface area contributed by atoms with Crippen molar-refractivity contribution in [3.05, 3.63) is 16.8 Å². The zero-order chi connectivity index (χ0) is 17.4. The molecule has 0 N–H and O–H groups in total. The van der Waals surface area contributed by atoms with E-state index in [0.29, 0.717) is 17.6 Å². The van der Waals surface area contributed by atoms with Crippen LogP contribution in [-0.2, 0) is 17.6 Å². The van der Waals surface area contributed by atoms with Crippen LogP contribution < -0.4 is 0 Å². The van der Waals surface area contributed by atoms with E-state index in [-0.39, 0.29) is 5.91 Å². The Labute approximate surface area is 157 Å². The van der Waals surface area contributed by atoms with Crippen LogP contribution in [0.3, 0.4) is 0 Å². The van der Waals surface area contributed by atoms with Gasteiger partial charge in [-0.25, -0.2) is 9.97 Å². The highest BCUT2D eigenvalue weighted by Gasteiger charge is 2.26. The second-order valence-electron chi connectivity index (χ2n) is 7.60. The van der Waals surface area contributed by atoms with Crippen molar-refractivity contribution in [2.45, 2.75) is 51.0 Å². The molecular formula is C19H25N3OS2. The number of thioether (sulfide) groups is 1. The van der Waals surface area contributed by atoms with Gasteiger partial charge < -0.3 is 4.90 Å². The minimum Gasteiger partial charge on any atom is -0.341 e. The fourth-order valence-electron chi connectivity index (χ4n) is 4.26. The lowest BCUT2D eigenvalue weighted by Gasteiger charge is -2.35. The second-order valence-corrected chi connectivity index (χ2v) is 9.65. The van der Waals surface area contributed by atoms with Crippen LogP contribution in [0.25, 0.3) is 10.2 Å². The summed E-state index contributed by atoms with van der Waals surface area (Å²) in [5, 5.41) is 2.22. The maximum atomic E-state index is 12.7. The third-order valence-electron chi connectivity index (χ3n) is 5.27. The number of aryl methyl sites for hydroxylation is 2. The quantitative estimate of drug-likeness (QED) is 0.597. The number of piperidine rings is 1. The minimum atomic E-state index is 0.249. The van der Waals surface area contributed by atoms with Crippen molar-refractivity contribution in [2.24, 2.45) is 11.8 Å². The molecule has 1 saturated heterocycles. The molecule has 1 fully saturated rings. The fraction of sp³-hybridized carbons (Fsp3) is 0.632. The first-order valence-corrected chi connectivity index (χ1v) is 11.1. The molecule has 0 saturated carbocycles. The molecule has 2 aromatic rings. The summed E-state index contributed by atoms with van der Waals surface area (Å²) >= 11 is 3.41. The number of aromatic nitrogens is 2. The maximum Gasteiger partial charge on any atom is 0.233 e. The normalized spacial score (nSPS) is 23.7. The Morgan fingerprint density at radius 3 is 2.80 bits per heavy atom. The van der Waals surface area contributed by atoms with Gasteiger partial charge in [0.25, 0.3) is 0 Å². The fourth-order valence-corrected chi connectivity index (χ4v) is 6.48. The lowest BCUT2D eigenvalue weighted by Crippen LogP contribution is -2.43. The summed E-state index contributed by atoms with van der Waals surface area (Å²) in [6.45, 7) is 6.29. The third-order valence-corrected chi connectivity index (χ3v) is 7.44. The second kappa shape index (κ2) is 7.23. The summed E-state index contributed by atoms with van der Waals surface area (Å²) in [4.78, 5) is 26.3. The molecule has 2 aliphatic rings. The standard InChI is InChI=1S/C19H25N3OS2/c1-12-7-13(2)9-22(8-12)16(23)10-24-18-17-14-5-3-4-6-15(14)25-19(17)21-11-20-18/h11-13H,3-10H2,1-2H3. The molecule has 2 atom stereocenters. The van der Waals surface area contributed by atoms with E-state index >= 15 is 0 Å². The van der Waals surface area contributed by atoms with Gasteiger partial charge in [-0.15, -0.1) is 11.3 Å². The van der Waals surface area contributed by atoms with Gasteiger partial charge in [0.05, 0.1) is 5.75 Å². The van der Waals surface area contributed by atoms with E-state index in [9.17, 15) is 4.79 Å². The summed E-state index contributed by atoms with van der Waals surface area (Å²) in [6, 6.07) is 0. The van der Waals surface area contributed by atoms with Gasteiger partial charge in [-0.1, -0.05) is 25.6 Å². The molecule has 0 aromatic carbocycles. The summed E-state index contributed by atoms with van der Waals surface area (Å²) in [7, 11) is 0. The van der Waals surface area contributed by atoms with E-state index in [2.05, 4.69) is 23.8 Å². The number of fused-ring (bicyclic) bond motifs is 3. The first kappa shape index (κ1) is 17.3. The van der Waals surface area contributed by atoms with Gasteiger partial charge in [-0.05, 0) is 49.5 Å². The van der Waals surface area contributed by atoms with Crippen LogP contribution >= 0.6 is 23.1 Å². The number of hydrogen-bond donors (Lipinski definition) is 0. The highest BCUT2D eigenvalue weighted by molar-refractivity contribution is 8.00. The smallest absolute Gasteiger partial charge is 0.233 e. The van der Waals surface area contributed by atoms with Gasteiger partial charge in [0.15, 0.2) is 0 Å². The van der Waals surface area contributed by atoms with E-state index in [1.807, 2.05) is 16.2 Å². The topological polar surface area (TPSA) is 46.1 Å². The van der Waals surface area contributed by atoms with E-state index in [1.165, 1.54) is 41.5 Å². The van der Waals surface area contributed by atoms with Gasteiger partial charge in [-0.3, -0.25) is 4.79 Å². The van der Waals surface area contributed by atoms with Crippen LogP contribution in [0, 0.1) is 11.8 Å². The Kier molecular flexibility index (Phi) is 5.00. The molecule has 2 unspecified atom stereocenters. The lowest BCUT2D eigenvalue weighted by molar-refractivity contribution is -0.130. The molecule has 1 aliphatic carbocycles. The SMILES string of the molecule is CC1CC(C)CN(C(=O)CSc2ncnc3sc4c(c23)CCCC4)C1. The molecule has 3 heterocycles. The number of thiophene rings is 1. The third kappa shape index (κ3) is 3.56. The number of carbonyl (C=O) groups excluding carboxylic acids is 1. The first-order chi connectivity index (χ1) is 12.1. The van der Waals surface area contributed by atoms with Gasteiger partial charge in [-0.2, -0.15) is 0 Å². The minimum absolute atomic E-state index is 0.249. The van der Waals surface area contributed by atoms with Crippen LogP contribution in [0.15, 0.2) is 11.4 Å². The number of amides is 1. The van der Waals surface area contributed by atoms with Crippen molar-refractivity contribution in [3.8, 4) is 0 Å². The number of likely N-dealkylation sites (tertiary alicyclic amines) is 1. The van der Waals surface area contributed by atoms with Crippen LogP contribution in [0.5, 0.6) is 0 Å². The monoisotopic (exact) mass is 375 g/mol. The number of hydrogen-bond acceptors (Lipinski definition) is 5. The molecule has 4 nitrogen and oxygen atoms in total. The zero-order valence-electron chi connectivity index (χ0n) is 15.0. The Hall–Kier alpha value is -1.14. The first-order valence-electron chi connectivity index (χ1n) is 9.27. The van der Waals surface area contributed by atoms with Gasteiger partial charge in [0.1, 0.15) is 16.2 Å². The molecule has 134 valence electrons. The van der Waals surface area contributed by atoms with E-state index < -0.39 is 0 Å². The number of carbonyl (C=O) groups is 1. The average Bonchev–Trinajstić information content (AvgIpc) is 2.98. The van der Waals surface area contributed by atoms with Crippen molar-refractivity contribution < 1.29 is 4.79 Å². The molecule has 25 heavy (non-hydrogen) atoms. The highest BCUT2D eigenvalue weighted by atomic mass is 32.2. The van der Waals surface area contributed by atoms with Crippen LogP contribution in [-0.4, -0.2) is 39.6 Å². The number of nitrogens with zero attached hydrogens (tertiary/aromatic N) is 3. The van der Waals surface area contributed by atoms with Crippen molar-refractivity contribution in [1.82, 2.24) is 14.9 Å². The average molecular weight is 376 g/mol. The van der Waals surface area contributed by atoms with Crippen molar-refractivity contribution in [3.63, 3.8) is 0 Å². The van der Waals surface area contributed by atoms with Gasteiger partial charge in [0, 0.05) is 23.4 Å². The Bertz CT molecular complexity index is 778. The predicted molar refractivity (Wildman–Crippen MR) is 104 cm³/mol. The molecule has 0 bridgehead atoms. The summed E-state index contributed by atoms with van der Waals surface area (Å²) in [5.74, 6) is 1.94. The van der Waals surface area contributed by atoms with Crippen LogP contribution in [0.2, 0.25) is 0 Å². The van der Waals surface area contributed by atoms with Gasteiger partial charge in [0.2, 0.25) is 5.91 Å². The van der Waals surface area contributed by atoms with Crippen molar-refractivity contribution in [1.29, 1.82) is 0 Å². The highest BCUT2D eigenvalue weighted by Crippen LogP contribution is 2.39. The summed E-state index contributed by atoms with van der Waals surface area (Å²) < 4.78 is 0. The Morgan fingerprint density at radius 1 is 1.24 bits per heavy atom. The molecule has 1 aliphatic heterocycles. The van der Waals surface area contributed by atoms with Gasteiger partial charge >= 0.3 is 0 Å². The largest absolute Gasteiger partial charge is 0.341 e. The molecule has 4 rings (SSSR count). The summed E-state index contributed by atoms with van der Waals surface area (Å²) in [5.41, 5.74) is 1.45.